The van der Waals surface area contributed by atoms with Crippen molar-refractivity contribution < 1.29 is 9.47 Å². The SMILES string of the molecule is CCCO[13c]1[13cH][13cH][13cH][13cH][13cH]1.CCCO[13c]1[13cH][13cH][13c](Br)[13cH][13cH]1. The number of hydrogen-bond donors (Lipinski definition) is 0. The first kappa shape index (κ1) is 17.6. The van der Waals surface area contributed by atoms with E-state index in [0.717, 1.165) is 42.0 Å². The maximum Gasteiger partial charge on any atom is 0.119 e. The van der Waals surface area contributed by atoms with Crippen LogP contribution in [0.5, 0.6) is 11.5 Å². The average molecular weight is 363 g/mol. The highest BCUT2D eigenvalue weighted by molar-refractivity contribution is 9.10. The number of ether oxygens (including phenoxy) is 2. The molecule has 0 aliphatic heterocycles. The molecule has 0 aliphatic carbocycles. The Hall–Kier alpha value is -1.48. The van der Waals surface area contributed by atoms with Gasteiger partial charge in [-0.15, -0.1) is 0 Å². The average Bonchev–Trinajstić information content (AvgIpc) is 2.54. The fraction of sp³-hybridized carbons (Fsp3) is 0.333. The first-order valence-electron chi connectivity index (χ1n) is 7.32. The van der Waals surface area contributed by atoms with Crippen molar-refractivity contribution in [3.05, 3.63) is 59.1 Å². The largest absolute Gasteiger partial charge is 0.494 e. The molecule has 0 bridgehead atoms. The summed E-state index contributed by atoms with van der Waals surface area (Å²) in [7, 11) is 0. The number of benzene rings is 2. The molecule has 0 N–H and O–H groups in total. The number of rotatable bonds is 6. The third-order valence-electron chi connectivity index (χ3n) is 2.50. The molecular weight excluding hydrogens is 340 g/mol. The van der Waals surface area contributed by atoms with E-state index in [1.54, 1.807) is 0 Å². The minimum absolute atomic E-state index is 0.793. The third kappa shape index (κ3) is 8.41. The zero-order valence-corrected chi connectivity index (χ0v) is 14.3. The van der Waals surface area contributed by atoms with Crippen molar-refractivity contribution in [3.8, 4) is 11.5 Å². The van der Waals surface area contributed by atoms with E-state index in [-0.39, 0.29) is 0 Å². The molecule has 3 heteroatoms. The summed E-state index contributed by atoms with van der Waals surface area (Å²) < 4.78 is 11.8. The minimum Gasteiger partial charge on any atom is -0.494 e. The van der Waals surface area contributed by atoms with Crippen molar-refractivity contribution in [2.75, 3.05) is 13.2 Å². The van der Waals surface area contributed by atoms with Gasteiger partial charge in [-0.2, -0.15) is 0 Å². The Morgan fingerprint density at radius 1 is 0.714 bits per heavy atom. The van der Waals surface area contributed by atoms with E-state index in [1.807, 2.05) is 54.6 Å². The Balaban J connectivity index is 0.000000211. The topological polar surface area (TPSA) is 18.5 Å². The molecule has 0 fully saturated rings. The molecule has 0 aliphatic rings. The molecule has 2 aromatic carbocycles. The predicted molar refractivity (Wildman–Crippen MR) is 92.2 cm³/mol. The normalized spacial score (nSPS) is 9.48. The van der Waals surface area contributed by atoms with Gasteiger partial charge in [-0.25, -0.2) is 0 Å². The number of para-hydroxylation sites is 1. The highest BCUT2D eigenvalue weighted by atomic mass is 79.9. The van der Waals surface area contributed by atoms with E-state index < -0.39 is 0 Å². The smallest absolute Gasteiger partial charge is 0.119 e. The molecule has 21 heavy (non-hydrogen) atoms. The van der Waals surface area contributed by atoms with Crippen molar-refractivity contribution in [1.82, 2.24) is 0 Å². The van der Waals surface area contributed by atoms with Gasteiger partial charge in [0.15, 0.2) is 0 Å². The molecule has 2 nitrogen and oxygen atoms in total. The van der Waals surface area contributed by atoms with Crippen LogP contribution in [0.1, 0.15) is 26.7 Å². The van der Waals surface area contributed by atoms with Crippen LogP contribution in [0.25, 0.3) is 0 Å². The Kier molecular flexibility index (Phi) is 9.38. The molecule has 2 rings (SSSR count). The molecule has 0 radical (unpaired) electrons. The van der Waals surface area contributed by atoms with Crippen LogP contribution < -0.4 is 9.47 Å². The van der Waals surface area contributed by atoms with Crippen LogP contribution in [0.2, 0.25) is 0 Å². The Bertz CT molecular complexity index is 468. The van der Waals surface area contributed by atoms with Crippen LogP contribution in [-0.2, 0) is 0 Å². The van der Waals surface area contributed by atoms with Crippen molar-refractivity contribution >= 4 is 15.9 Å². The summed E-state index contributed by atoms with van der Waals surface area (Å²) in [5.74, 6) is 1.90. The highest BCUT2D eigenvalue weighted by Crippen LogP contribution is 2.15. The molecule has 0 unspecified atom stereocenters. The Morgan fingerprint density at radius 3 is 1.67 bits per heavy atom. The monoisotopic (exact) mass is 362 g/mol. The molecule has 0 saturated heterocycles. The second-order valence-electron chi connectivity index (χ2n) is 4.46. The van der Waals surface area contributed by atoms with E-state index in [0.29, 0.717) is 0 Å². The van der Waals surface area contributed by atoms with E-state index in [1.165, 1.54) is 0 Å². The van der Waals surface area contributed by atoms with Crippen LogP contribution in [0.3, 0.4) is 0 Å². The van der Waals surface area contributed by atoms with Gasteiger partial charge in [0, 0.05) is 4.47 Å². The molecule has 0 saturated carbocycles. The first-order valence-corrected chi connectivity index (χ1v) is 8.11. The molecule has 2 aromatic rings. The Morgan fingerprint density at radius 2 is 1.19 bits per heavy atom. The quantitative estimate of drug-likeness (QED) is 0.654. The lowest BCUT2D eigenvalue weighted by atomic mass is 10.5. The molecule has 114 valence electrons. The molecule has 0 heterocycles. The van der Waals surface area contributed by atoms with Crippen LogP contribution in [0.4, 0.5) is 0 Å². The second kappa shape index (κ2) is 11.2. The van der Waals surface area contributed by atoms with E-state index in [9.17, 15) is 0 Å². The summed E-state index contributed by atoms with van der Waals surface area (Å²) in [5.41, 5.74) is 0. The molecule has 0 atom stereocenters. The van der Waals surface area contributed by atoms with E-state index in [4.69, 9.17) is 9.47 Å². The van der Waals surface area contributed by atoms with E-state index >= 15 is 0 Å². The lowest BCUT2D eigenvalue weighted by Crippen LogP contribution is -1.93. The van der Waals surface area contributed by atoms with Gasteiger partial charge in [-0.05, 0) is 49.2 Å². The molecule has 0 spiro atoms. The van der Waals surface area contributed by atoms with Gasteiger partial charge in [-0.1, -0.05) is 48.0 Å². The molecule has 0 amide bonds. The standard InChI is InChI=1S/C9H11BrO.C9H12O/c1-2-7-11-9-5-3-8(10)4-6-9;1-2-8-10-9-6-4-3-5-7-9/h3-6H,2,7H2,1H3;3-7H,2,8H2,1H3/i3+1,4+1,5+1,6+1,8+1,9+1;3+1,4+1,5+1,6+1,7+1,9+1. The summed E-state index contributed by atoms with van der Waals surface area (Å²) in [6.45, 7) is 5.80. The van der Waals surface area contributed by atoms with Crippen LogP contribution >= 0.6 is 15.9 Å². The van der Waals surface area contributed by atoms with Crippen molar-refractivity contribution in [3.63, 3.8) is 0 Å². The van der Waals surface area contributed by atoms with Crippen LogP contribution in [-0.4, -0.2) is 13.2 Å². The van der Waals surface area contributed by atoms with Gasteiger partial charge in [0.2, 0.25) is 0 Å². The third-order valence-corrected chi connectivity index (χ3v) is 3.03. The zero-order valence-electron chi connectivity index (χ0n) is 12.7. The summed E-state index contributed by atoms with van der Waals surface area (Å²) in [4.78, 5) is 0. The lowest BCUT2D eigenvalue weighted by molar-refractivity contribution is 0.317. The van der Waals surface area contributed by atoms with E-state index in [2.05, 4.69) is 29.8 Å². The van der Waals surface area contributed by atoms with Gasteiger partial charge >= 0.3 is 0 Å². The fourth-order valence-corrected chi connectivity index (χ4v) is 1.75. The highest BCUT2D eigenvalue weighted by Gasteiger charge is 1.90. The van der Waals surface area contributed by atoms with Crippen LogP contribution in [0.15, 0.2) is 59.1 Å². The number of halogens is 1. The fourth-order valence-electron chi connectivity index (χ4n) is 1.49. The summed E-state index contributed by atoms with van der Waals surface area (Å²) in [6.07, 6.45) is 2.12. The van der Waals surface area contributed by atoms with Gasteiger partial charge in [0.05, 0.1) is 13.2 Å². The predicted octanol–water partition coefficient (Wildman–Crippen LogP) is 5.71. The van der Waals surface area contributed by atoms with Gasteiger partial charge in [0.25, 0.3) is 0 Å². The van der Waals surface area contributed by atoms with Crippen molar-refractivity contribution in [2.45, 2.75) is 26.7 Å². The molecule has 0 aromatic heterocycles. The number of hydrogen-bond acceptors (Lipinski definition) is 2. The first-order chi connectivity index (χ1) is 10.3. The summed E-state index contributed by atoms with van der Waals surface area (Å²) in [5, 5.41) is 0. The van der Waals surface area contributed by atoms with Gasteiger partial charge < -0.3 is 9.47 Å². The summed E-state index contributed by atoms with van der Waals surface area (Å²) in [6, 6.07) is 17.7. The van der Waals surface area contributed by atoms with Crippen molar-refractivity contribution in [2.24, 2.45) is 0 Å². The van der Waals surface area contributed by atoms with Gasteiger partial charge in [0.1, 0.15) is 11.5 Å². The summed E-state index contributed by atoms with van der Waals surface area (Å²) >= 11 is 3.36. The lowest BCUT2D eigenvalue weighted by Gasteiger charge is -2.02. The maximum atomic E-state index is 5.39. The van der Waals surface area contributed by atoms with Crippen LogP contribution in [0, 0.1) is 0 Å². The molecular formula is C18H23BrO2. The minimum atomic E-state index is 0.793. The second-order valence-corrected chi connectivity index (χ2v) is 5.38. The Labute approximate surface area is 136 Å². The van der Waals surface area contributed by atoms with Crippen molar-refractivity contribution in [1.29, 1.82) is 0 Å². The zero-order chi connectivity index (χ0) is 15.3. The maximum absolute atomic E-state index is 5.39. The van der Waals surface area contributed by atoms with Gasteiger partial charge in [-0.3, -0.25) is 0 Å².